The molecule has 1 aromatic rings. The maximum absolute atomic E-state index is 8.43. The van der Waals surface area contributed by atoms with Crippen LogP contribution in [0.3, 0.4) is 0 Å². The molecule has 0 N–H and O–H groups in total. The third kappa shape index (κ3) is 1.62. The van der Waals surface area contributed by atoms with Gasteiger partial charge in [-0.05, 0) is 12.5 Å². The average molecular weight is 141 g/mol. The van der Waals surface area contributed by atoms with Crippen LogP contribution in [0.4, 0.5) is 0 Å². The van der Waals surface area contributed by atoms with E-state index >= 15 is 0 Å². The molecule has 52 valence electrons. The smallest absolute Gasteiger partial charge is 0.114 e. The Hall–Kier alpha value is -1.23. The molecule has 0 fully saturated rings. The predicted octanol–water partition coefficient (Wildman–Crippen LogP) is 0.855. The summed E-state index contributed by atoms with van der Waals surface area (Å²) >= 11 is 0. The molecule has 0 saturated heterocycles. The van der Waals surface area contributed by atoms with Gasteiger partial charge in [0.05, 0.1) is 12.5 Å². The Bertz CT molecular complexity index is 299. The molecule has 0 amide bonds. The van der Waals surface area contributed by atoms with E-state index < -0.39 is 0 Å². The van der Waals surface area contributed by atoms with Gasteiger partial charge < -0.3 is 0 Å². The fourth-order valence-corrected chi connectivity index (χ4v) is 0.981. The maximum atomic E-state index is 8.43. The van der Waals surface area contributed by atoms with Gasteiger partial charge in [0.25, 0.3) is 0 Å². The molecule has 1 rings (SSSR count). The van der Waals surface area contributed by atoms with E-state index in [-0.39, 0.29) is 0 Å². The maximum Gasteiger partial charge on any atom is 0.114 e. The minimum Gasteiger partial charge on any atom is -0.198 e. The van der Waals surface area contributed by atoms with Crippen molar-refractivity contribution in [3.63, 3.8) is 0 Å². The van der Waals surface area contributed by atoms with Crippen molar-refractivity contribution in [2.75, 3.05) is 0 Å². The number of aryl methyl sites for hydroxylation is 1. The van der Waals surface area contributed by atoms with Crippen LogP contribution in [-0.2, 0) is 6.42 Å². The minimum absolute atomic E-state index is 0.396. The van der Waals surface area contributed by atoms with Crippen molar-refractivity contribution in [1.29, 1.82) is 5.26 Å². The lowest BCUT2D eigenvalue weighted by Gasteiger charge is -2.03. The Kier molecular flexibility index (Phi) is 2.33. The Balaban J connectivity index is 3.08. The van der Waals surface area contributed by atoms with Crippen LogP contribution in [-0.4, -0.2) is 7.85 Å². The molecule has 0 saturated carbocycles. The fourth-order valence-electron chi connectivity index (χ4n) is 0.981. The number of nitrogens with zero attached hydrogens (tertiary/aromatic N) is 1. The van der Waals surface area contributed by atoms with Gasteiger partial charge in [0.15, 0.2) is 0 Å². The first-order valence-electron chi connectivity index (χ1n) is 3.46. The second kappa shape index (κ2) is 3.25. The van der Waals surface area contributed by atoms with Crippen LogP contribution in [0, 0.1) is 18.3 Å². The van der Waals surface area contributed by atoms with E-state index in [1.54, 1.807) is 0 Å². The van der Waals surface area contributed by atoms with Crippen LogP contribution >= 0.6 is 0 Å². The van der Waals surface area contributed by atoms with E-state index in [0.717, 1.165) is 16.6 Å². The van der Waals surface area contributed by atoms with Crippen molar-refractivity contribution in [2.45, 2.75) is 13.3 Å². The SMILES string of the molecule is [B]c1c(C)cccc1CC#N. The van der Waals surface area contributed by atoms with Gasteiger partial charge in [0.1, 0.15) is 7.85 Å². The number of hydrogen-bond donors (Lipinski definition) is 0. The quantitative estimate of drug-likeness (QED) is 0.532. The van der Waals surface area contributed by atoms with E-state index in [9.17, 15) is 0 Å². The van der Waals surface area contributed by atoms with Gasteiger partial charge >= 0.3 is 0 Å². The number of benzene rings is 1. The zero-order valence-electron chi connectivity index (χ0n) is 6.46. The fraction of sp³-hybridized carbons (Fsp3) is 0.222. The Morgan fingerprint density at radius 1 is 1.55 bits per heavy atom. The summed E-state index contributed by atoms with van der Waals surface area (Å²) in [6.07, 6.45) is 0.396. The van der Waals surface area contributed by atoms with Gasteiger partial charge in [-0.3, -0.25) is 0 Å². The molecule has 0 heterocycles. The largest absolute Gasteiger partial charge is 0.198 e. The van der Waals surface area contributed by atoms with Gasteiger partial charge in [0, 0.05) is 0 Å². The van der Waals surface area contributed by atoms with Crippen molar-refractivity contribution >= 4 is 13.3 Å². The summed E-state index contributed by atoms with van der Waals surface area (Å²) in [4.78, 5) is 0. The summed E-state index contributed by atoms with van der Waals surface area (Å²) in [6, 6.07) is 7.81. The summed E-state index contributed by atoms with van der Waals surface area (Å²) in [7, 11) is 5.72. The van der Waals surface area contributed by atoms with Crippen molar-refractivity contribution in [3.8, 4) is 6.07 Å². The first-order chi connectivity index (χ1) is 5.25. The van der Waals surface area contributed by atoms with Gasteiger partial charge in [-0.1, -0.05) is 29.2 Å². The molecule has 0 spiro atoms. The van der Waals surface area contributed by atoms with E-state index in [1.807, 2.05) is 25.1 Å². The van der Waals surface area contributed by atoms with E-state index in [2.05, 4.69) is 6.07 Å². The monoisotopic (exact) mass is 141 g/mol. The lowest BCUT2D eigenvalue weighted by atomic mass is 9.85. The van der Waals surface area contributed by atoms with E-state index in [4.69, 9.17) is 13.1 Å². The molecule has 2 heteroatoms. The first-order valence-corrected chi connectivity index (χ1v) is 3.46. The molecular formula is C9H8BN. The molecule has 0 aliphatic heterocycles. The molecule has 0 unspecified atom stereocenters. The summed E-state index contributed by atoms with van der Waals surface area (Å²) in [6.45, 7) is 1.94. The van der Waals surface area contributed by atoms with Crippen LogP contribution in [0.15, 0.2) is 18.2 Å². The van der Waals surface area contributed by atoms with Crippen molar-refractivity contribution in [2.24, 2.45) is 0 Å². The van der Waals surface area contributed by atoms with Gasteiger partial charge in [-0.25, -0.2) is 0 Å². The Labute approximate surface area is 68.1 Å². The van der Waals surface area contributed by atoms with Crippen LogP contribution in [0.5, 0.6) is 0 Å². The number of hydrogen-bond acceptors (Lipinski definition) is 1. The Morgan fingerprint density at radius 2 is 2.27 bits per heavy atom. The topological polar surface area (TPSA) is 23.8 Å². The van der Waals surface area contributed by atoms with Crippen LogP contribution < -0.4 is 5.46 Å². The average Bonchev–Trinajstić information content (AvgIpc) is 1.99. The van der Waals surface area contributed by atoms with E-state index in [1.165, 1.54) is 0 Å². The summed E-state index contributed by atoms with van der Waals surface area (Å²) in [5.41, 5.74) is 2.71. The minimum atomic E-state index is 0.396. The summed E-state index contributed by atoms with van der Waals surface area (Å²) in [5.74, 6) is 0. The third-order valence-corrected chi connectivity index (χ3v) is 1.68. The van der Waals surface area contributed by atoms with Gasteiger partial charge in [0.2, 0.25) is 0 Å². The standard InChI is InChI=1S/C9H8BN/c1-7-3-2-4-8(5-6-11)9(7)10/h2-4H,5H2,1H3. The molecular weight excluding hydrogens is 133 g/mol. The molecule has 0 bridgehead atoms. The summed E-state index contributed by atoms with van der Waals surface area (Å²) < 4.78 is 0. The highest BCUT2D eigenvalue weighted by atomic mass is 14.2. The zero-order valence-corrected chi connectivity index (χ0v) is 6.46. The predicted molar refractivity (Wildman–Crippen MR) is 45.9 cm³/mol. The number of nitriles is 1. The van der Waals surface area contributed by atoms with Crippen LogP contribution in [0.1, 0.15) is 11.1 Å². The van der Waals surface area contributed by atoms with Gasteiger partial charge in [-0.2, -0.15) is 5.26 Å². The highest BCUT2D eigenvalue weighted by molar-refractivity contribution is 6.34. The van der Waals surface area contributed by atoms with Crippen molar-refractivity contribution in [3.05, 3.63) is 29.3 Å². The first kappa shape index (κ1) is 7.88. The molecule has 1 nitrogen and oxygen atoms in total. The van der Waals surface area contributed by atoms with E-state index in [0.29, 0.717) is 6.42 Å². The highest BCUT2D eigenvalue weighted by Crippen LogP contribution is 1.99. The molecule has 2 radical (unpaired) electrons. The highest BCUT2D eigenvalue weighted by Gasteiger charge is 1.97. The lowest BCUT2D eigenvalue weighted by molar-refractivity contribution is 1.27. The summed E-state index contributed by atoms with van der Waals surface area (Å²) in [5, 5.41) is 8.43. The lowest BCUT2D eigenvalue weighted by Crippen LogP contribution is -2.13. The second-order valence-corrected chi connectivity index (χ2v) is 2.48. The molecule has 0 atom stereocenters. The van der Waals surface area contributed by atoms with Gasteiger partial charge in [-0.15, -0.1) is 0 Å². The number of rotatable bonds is 1. The zero-order chi connectivity index (χ0) is 8.27. The molecule has 1 aromatic carbocycles. The third-order valence-electron chi connectivity index (χ3n) is 1.68. The molecule has 0 aliphatic carbocycles. The normalized spacial score (nSPS) is 9.09. The van der Waals surface area contributed by atoms with Crippen LogP contribution in [0.25, 0.3) is 0 Å². The van der Waals surface area contributed by atoms with Crippen molar-refractivity contribution in [1.82, 2.24) is 0 Å². The van der Waals surface area contributed by atoms with Crippen LogP contribution in [0.2, 0.25) is 0 Å². The molecule has 0 aliphatic rings. The second-order valence-electron chi connectivity index (χ2n) is 2.48. The Morgan fingerprint density at radius 3 is 2.91 bits per heavy atom. The van der Waals surface area contributed by atoms with Crippen molar-refractivity contribution < 1.29 is 0 Å². The molecule has 11 heavy (non-hydrogen) atoms. The molecule has 0 aromatic heterocycles.